The Morgan fingerprint density at radius 1 is 1.38 bits per heavy atom. The van der Waals surface area contributed by atoms with Crippen molar-refractivity contribution < 1.29 is 14.6 Å². The van der Waals surface area contributed by atoms with Gasteiger partial charge in [-0.15, -0.1) is 0 Å². The first-order valence-electron chi connectivity index (χ1n) is 4.98. The molecule has 1 N–H and O–H groups in total. The summed E-state index contributed by atoms with van der Waals surface area (Å²) in [6.45, 7) is 1.50. The smallest absolute Gasteiger partial charge is 0.104 e. The number of aliphatic hydroxyl groups excluding tert-OH is 1. The fourth-order valence-electron chi connectivity index (χ4n) is 1.87. The minimum Gasteiger partial charge on any atom is -0.501 e. The van der Waals surface area contributed by atoms with E-state index in [4.69, 9.17) is 9.47 Å². The lowest BCUT2D eigenvalue weighted by molar-refractivity contribution is -0.0486. The van der Waals surface area contributed by atoms with Crippen molar-refractivity contribution in [2.45, 2.75) is 37.9 Å². The molecule has 0 aromatic rings. The van der Waals surface area contributed by atoms with Gasteiger partial charge < -0.3 is 14.6 Å². The van der Waals surface area contributed by atoms with Crippen LogP contribution in [0.15, 0.2) is 11.8 Å². The Morgan fingerprint density at radius 3 is 2.92 bits per heavy atom. The number of rotatable bonds is 2. The van der Waals surface area contributed by atoms with Crippen molar-refractivity contribution in [3.63, 3.8) is 0 Å². The fourth-order valence-corrected chi connectivity index (χ4v) is 1.87. The minimum absolute atomic E-state index is 0.00157. The molecule has 2 aliphatic heterocycles. The zero-order valence-electron chi connectivity index (χ0n) is 7.74. The molecular formula is C10H16O3. The Kier molecular flexibility index (Phi) is 2.86. The Morgan fingerprint density at radius 2 is 2.31 bits per heavy atom. The molecule has 0 spiro atoms. The lowest BCUT2D eigenvalue weighted by Crippen LogP contribution is -2.33. The summed E-state index contributed by atoms with van der Waals surface area (Å²) in [4.78, 5) is 0. The molecule has 74 valence electrons. The molecule has 2 rings (SSSR count). The highest BCUT2D eigenvalue weighted by Gasteiger charge is 2.27. The highest BCUT2D eigenvalue weighted by Crippen LogP contribution is 2.24. The molecule has 0 saturated carbocycles. The summed E-state index contributed by atoms with van der Waals surface area (Å²) in [5, 5.41) is 9.90. The number of hydrogen-bond acceptors (Lipinski definition) is 3. The van der Waals surface area contributed by atoms with Crippen molar-refractivity contribution in [1.82, 2.24) is 0 Å². The molecule has 2 atom stereocenters. The molecule has 1 saturated heterocycles. The molecule has 2 unspecified atom stereocenters. The molecule has 13 heavy (non-hydrogen) atoms. The van der Waals surface area contributed by atoms with Crippen molar-refractivity contribution in [1.29, 1.82) is 0 Å². The second-order valence-corrected chi connectivity index (χ2v) is 3.66. The van der Waals surface area contributed by atoms with E-state index in [1.165, 1.54) is 0 Å². The molecule has 0 aromatic carbocycles. The second kappa shape index (κ2) is 4.11. The van der Waals surface area contributed by atoms with Crippen LogP contribution >= 0.6 is 0 Å². The molecule has 2 aliphatic rings. The van der Waals surface area contributed by atoms with E-state index in [0.717, 1.165) is 37.9 Å². The summed E-state index contributed by atoms with van der Waals surface area (Å²) >= 11 is 0. The fraction of sp³-hybridized carbons (Fsp3) is 0.800. The first-order valence-corrected chi connectivity index (χ1v) is 4.98. The van der Waals surface area contributed by atoms with E-state index < -0.39 is 6.10 Å². The second-order valence-electron chi connectivity index (χ2n) is 3.66. The average molecular weight is 184 g/mol. The first kappa shape index (κ1) is 9.03. The molecule has 0 aliphatic carbocycles. The van der Waals surface area contributed by atoms with Crippen LogP contribution in [-0.4, -0.2) is 30.5 Å². The van der Waals surface area contributed by atoms with E-state index in [2.05, 4.69) is 0 Å². The van der Waals surface area contributed by atoms with Crippen molar-refractivity contribution in [3.8, 4) is 0 Å². The van der Waals surface area contributed by atoms with E-state index in [1.807, 2.05) is 0 Å². The largest absolute Gasteiger partial charge is 0.501 e. The van der Waals surface area contributed by atoms with Gasteiger partial charge in [0.25, 0.3) is 0 Å². The number of hydrogen-bond donors (Lipinski definition) is 1. The molecule has 0 radical (unpaired) electrons. The molecular weight excluding hydrogens is 168 g/mol. The van der Waals surface area contributed by atoms with Crippen LogP contribution in [0.5, 0.6) is 0 Å². The predicted molar refractivity (Wildman–Crippen MR) is 48.2 cm³/mol. The predicted octanol–water partition coefficient (Wildman–Crippen LogP) is 1.22. The van der Waals surface area contributed by atoms with Gasteiger partial charge in [0.05, 0.1) is 19.0 Å². The molecule has 0 bridgehead atoms. The van der Waals surface area contributed by atoms with Crippen LogP contribution in [0.1, 0.15) is 25.7 Å². The van der Waals surface area contributed by atoms with E-state index in [1.54, 1.807) is 6.26 Å². The van der Waals surface area contributed by atoms with Crippen molar-refractivity contribution in [3.05, 3.63) is 11.8 Å². The lowest BCUT2D eigenvalue weighted by Gasteiger charge is -2.27. The Hall–Kier alpha value is -0.540. The van der Waals surface area contributed by atoms with Crippen molar-refractivity contribution in [2.24, 2.45) is 0 Å². The maximum Gasteiger partial charge on any atom is 0.104 e. The Balaban J connectivity index is 1.90. The summed E-state index contributed by atoms with van der Waals surface area (Å²) < 4.78 is 10.6. The summed E-state index contributed by atoms with van der Waals surface area (Å²) in [5.41, 5.74) is 0.993. The maximum atomic E-state index is 9.90. The van der Waals surface area contributed by atoms with Crippen LogP contribution in [0.2, 0.25) is 0 Å². The van der Waals surface area contributed by atoms with E-state index in [0.29, 0.717) is 6.61 Å². The van der Waals surface area contributed by atoms with Crippen LogP contribution < -0.4 is 0 Å². The summed E-state index contributed by atoms with van der Waals surface area (Å²) in [6, 6.07) is 0. The third-order valence-electron chi connectivity index (χ3n) is 2.69. The lowest BCUT2D eigenvalue weighted by atomic mass is 9.98. The topological polar surface area (TPSA) is 38.7 Å². The van der Waals surface area contributed by atoms with Gasteiger partial charge in [-0.25, -0.2) is 0 Å². The van der Waals surface area contributed by atoms with Gasteiger partial charge in [-0.3, -0.25) is 0 Å². The Labute approximate surface area is 78.3 Å². The molecule has 3 heteroatoms. The minimum atomic E-state index is -0.442. The molecule has 1 fully saturated rings. The number of ether oxygens (including phenoxy) is 2. The van der Waals surface area contributed by atoms with Gasteiger partial charge in [0.2, 0.25) is 0 Å². The monoisotopic (exact) mass is 184 g/mol. The van der Waals surface area contributed by atoms with Crippen LogP contribution in [-0.2, 0) is 9.47 Å². The Bertz CT molecular complexity index is 194. The SMILES string of the molecule is OC(C1=COCC1)C1CCCCO1. The molecule has 2 heterocycles. The normalized spacial score (nSPS) is 30.8. The molecule has 3 nitrogen and oxygen atoms in total. The van der Waals surface area contributed by atoms with E-state index >= 15 is 0 Å². The van der Waals surface area contributed by atoms with Gasteiger partial charge in [0.15, 0.2) is 0 Å². The van der Waals surface area contributed by atoms with Crippen LogP contribution in [0.3, 0.4) is 0 Å². The van der Waals surface area contributed by atoms with Gasteiger partial charge in [-0.05, 0) is 24.8 Å². The summed E-state index contributed by atoms with van der Waals surface area (Å²) in [6.07, 6.45) is 5.35. The van der Waals surface area contributed by atoms with Gasteiger partial charge in [0, 0.05) is 13.0 Å². The van der Waals surface area contributed by atoms with Crippen molar-refractivity contribution >= 4 is 0 Å². The summed E-state index contributed by atoms with van der Waals surface area (Å²) in [5.74, 6) is 0. The van der Waals surface area contributed by atoms with Gasteiger partial charge in [-0.2, -0.15) is 0 Å². The first-order chi connectivity index (χ1) is 6.38. The van der Waals surface area contributed by atoms with Crippen LogP contribution in [0.25, 0.3) is 0 Å². The quantitative estimate of drug-likeness (QED) is 0.701. The maximum absolute atomic E-state index is 9.90. The third-order valence-corrected chi connectivity index (χ3v) is 2.69. The van der Waals surface area contributed by atoms with Crippen LogP contribution in [0, 0.1) is 0 Å². The van der Waals surface area contributed by atoms with Gasteiger partial charge >= 0.3 is 0 Å². The zero-order valence-corrected chi connectivity index (χ0v) is 7.74. The summed E-state index contributed by atoms with van der Waals surface area (Å²) in [7, 11) is 0. The van der Waals surface area contributed by atoms with E-state index in [-0.39, 0.29) is 6.10 Å². The van der Waals surface area contributed by atoms with Gasteiger partial charge in [0.1, 0.15) is 6.10 Å². The zero-order chi connectivity index (χ0) is 9.10. The standard InChI is InChI=1S/C10H16O3/c11-10(8-4-6-12-7-8)9-3-1-2-5-13-9/h7,9-11H,1-6H2. The third kappa shape index (κ3) is 2.03. The van der Waals surface area contributed by atoms with E-state index in [9.17, 15) is 5.11 Å². The number of aliphatic hydroxyl groups is 1. The molecule has 0 aromatic heterocycles. The average Bonchev–Trinajstić information content (AvgIpc) is 2.71. The van der Waals surface area contributed by atoms with Gasteiger partial charge in [-0.1, -0.05) is 0 Å². The molecule has 0 amide bonds. The highest BCUT2D eigenvalue weighted by atomic mass is 16.5. The highest BCUT2D eigenvalue weighted by molar-refractivity contribution is 5.10. The van der Waals surface area contributed by atoms with Crippen molar-refractivity contribution in [2.75, 3.05) is 13.2 Å². The van der Waals surface area contributed by atoms with Crippen LogP contribution in [0.4, 0.5) is 0 Å².